The summed E-state index contributed by atoms with van der Waals surface area (Å²) in [6.07, 6.45) is 0. The summed E-state index contributed by atoms with van der Waals surface area (Å²) in [5, 5.41) is 8.59. The fourth-order valence-electron chi connectivity index (χ4n) is 2.05. The third-order valence-corrected chi connectivity index (χ3v) is 4.51. The molecule has 2 unspecified atom stereocenters. The van der Waals surface area contributed by atoms with Gasteiger partial charge in [0.2, 0.25) is 5.91 Å². The zero-order valence-electron chi connectivity index (χ0n) is 9.97. The van der Waals surface area contributed by atoms with Crippen LogP contribution in [0.25, 0.3) is 0 Å². The van der Waals surface area contributed by atoms with Crippen LogP contribution in [-0.2, 0) is 9.59 Å². The lowest BCUT2D eigenvalue weighted by molar-refractivity contribution is -0.148. The minimum absolute atomic E-state index is 0.160. The van der Waals surface area contributed by atoms with Gasteiger partial charge in [-0.05, 0) is 12.1 Å². The number of hydrogen-bond donors (Lipinski definition) is 1. The molecule has 1 amide bonds. The largest absolute Gasteiger partial charge is 0.480 e. The quantitative estimate of drug-likeness (QED) is 0.912. The van der Waals surface area contributed by atoms with E-state index in [1.165, 1.54) is 36.9 Å². The second kappa shape index (κ2) is 5.38. The molecule has 0 radical (unpaired) electrons. The summed E-state index contributed by atoms with van der Waals surface area (Å²) in [4.78, 5) is 23.9. The van der Waals surface area contributed by atoms with Crippen LogP contribution in [0.15, 0.2) is 18.2 Å². The van der Waals surface area contributed by atoms with Crippen molar-refractivity contribution in [3.63, 3.8) is 0 Å². The summed E-state index contributed by atoms with van der Waals surface area (Å²) in [7, 11) is 0. The van der Waals surface area contributed by atoms with Crippen LogP contribution in [0.5, 0.6) is 0 Å². The first-order chi connectivity index (χ1) is 8.93. The van der Waals surface area contributed by atoms with Gasteiger partial charge in [0.1, 0.15) is 17.2 Å². The third kappa shape index (κ3) is 2.55. The Hall–Kier alpha value is -1.27. The van der Waals surface area contributed by atoms with Crippen LogP contribution in [0.2, 0.25) is 5.02 Å². The first-order valence-corrected chi connectivity index (χ1v) is 6.93. The van der Waals surface area contributed by atoms with Gasteiger partial charge in [-0.25, -0.2) is 9.18 Å². The zero-order chi connectivity index (χ0) is 14.2. The predicted molar refractivity (Wildman–Crippen MR) is 70.6 cm³/mol. The summed E-state index contributed by atoms with van der Waals surface area (Å²) in [6, 6.07) is 3.28. The van der Waals surface area contributed by atoms with Gasteiger partial charge < -0.3 is 10.0 Å². The highest BCUT2D eigenvalue weighted by atomic mass is 35.5. The van der Waals surface area contributed by atoms with E-state index >= 15 is 0 Å². The molecule has 0 spiro atoms. The Morgan fingerprint density at radius 1 is 1.53 bits per heavy atom. The van der Waals surface area contributed by atoms with Gasteiger partial charge in [-0.2, -0.15) is 0 Å². The van der Waals surface area contributed by atoms with Gasteiger partial charge in [-0.3, -0.25) is 4.79 Å². The summed E-state index contributed by atoms with van der Waals surface area (Å²) in [5.41, 5.74) is 0.160. The molecule has 1 aromatic carbocycles. The van der Waals surface area contributed by atoms with Crippen molar-refractivity contribution in [1.29, 1.82) is 0 Å². The van der Waals surface area contributed by atoms with Crippen LogP contribution >= 0.6 is 23.4 Å². The van der Waals surface area contributed by atoms with E-state index in [1.54, 1.807) is 0 Å². The smallest absolute Gasteiger partial charge is 0.327 e. The first kappa shape index (κ1) is 14.1. The van der Waals surface area contributed by atoms with E-state index < -0.39 is 29.1 Å². The number of carbonyl (C=O) groups is 2. The molecule has 7 heteroatoms. The Morgan fingerprint density at radius 3 is 2.74 bits per heavy atom. The van der Waals surface area contributed by atoms with Crippen molar-refractivity contribution in [2.24, 2.45) is 0 Å². The Morgan fingerprint density at radius 2 is 2.21 bits per heavy atom. The molecule has 19 heavy (non-hydrogen) atoms. The summed E-state index contributed by atoms with van der Waals surface area (Å²) in [5.74, 6) is -1.84. The molecule has 102 valence electrons. The summed E-state index contributed by atoms with van der Waals surface area (Å²) >= 11 is 7.16. The maximum Gasteiger partial charge on any atom is 0.327 e. The van der Waals surface area contributed by atoms with Gasteiger partial charge in [0.05, 0.1) is 0 Å². The molecule has 0 bridgehead atoms. The summed E-state index contributed by atoms with van der Waals surface area (Å²) in [6.45, 7) is 1.27. The van der Waals surface area contributed by atoms with Crippen LogP contribution in [0.1, 0.15) is 17.9 Å². The van der Waals surface area contributed by atoms with E-state index in [1.807, 2.05) is 0 Å². The maximum atomic E-state index is 13.9. The molecule has 1 heterocycles. The highest BCUT2D eigenvalue weighted by Crippen LogP contribution is 2.44. The number of benzene rings is 1. The molecule has 1 saturated heterocycles. The van der Waals surface area contributed by atoms with E-state index in [4.69, 9.17) is 16.7 Å². The monoisotopic (exact) mass is 303 g/mol. The van der Waals surface area contributed by atoms with E-state index in [2.05, 4.69) is 0 Å². The minimum atomic E-state index is -1.10. The number of rotatable bonds is 2. The minimum Gasteiger partial charge on any atom is -0.480 e. The lowest BCUT2D eigenvalue weighted by atomic mass is 10.1. The van der Waals surface area contributed by atoms with Gasteiger partial charge in [0.15, 0.2) is 0 Å². The van der Waals surface area contributed by atoms with Gasteiger partial charge in [-0.15, -0.1) is 11.8 Å². The number of hydrogen-bond acceptors (Lipinski definition) is 3. The van der Waals surface area contributed by atoms with Crippen molar-refractivity contribution < 1.29 is 19.1 Å². The second-order valence-electron chi connectivity index (χ2n) is 4.10. The molecule has 0 saturated carbocycles. The Bertz CT molecular complexity index is 519. The SMILES string of the molecule is CC(=O)N1C(C(=O)O)CSC1c1c(F)cccc1Cl. The van der Waals surface area contributed by atoms with Crippen molar-refractivity contribution in [3.8, 4) is 0 Å². The number of amides is 1. The Balaban J connectivity index is 2.45. The van der Waals surface area contributed by atoms with Crippen LogP contribution < -0.4 is 0 Å². The molecular formula is C12H11ClFNO3S. The average Bonchev–Trinajstić information content (AvgIpc) is 2.73. The van der Waals surface area contributed by atoms with Crippen molar-refractivity contribution in [3.05, 3.63) is 34.6 Å². The standard InChI is InChI=1S/C12H11ClFNO3S/c1-6(16)15-9(12(17)18)5-19-11(15)10-7(13)3-2-4-8(10)14/h2-4,9,11H,5H2,1H3,(H,17,18). The van der Waals surface area contributed by atoms with Crippen molar-refractivity contribution >= 4 is 35.2 Å². The van der Waals surface area contributed by atoms with Crippen molar-refractivity contribution in [1.82, 2.24) is 4.90 Å². The second-order valence-corrected chi connectivity index (χ2v) is 5.62. The number of thioether (sulfide) groups is 1. The predicted octanol–water partition coefficient (Wildman–Crippen LogP) is 2.53. The normalized spacial score (nSPS) is 22.6. The van der Waals surface area contributed by atoms with Gasteiger partial charge in [-0.1, -0.05) is 17.7 Å². The molecule has 1 aliphatic heterocycles. The van der Waals surface area contributed by atoms with Gasteiger partial charge >= 0.3 is 5.97 Å². The molecule has 2 atom stereocenters. The molecule has 0 aromatic heterocycles. The van der Waals surface area contributed by atoms with Crippen LogP contribution in [0, 0.1) is 5.82 Å². The highest BCUT2D eigenvalue weighted by Gasteiger charge is 2.42. The number of nitrogens with zero attached hydrogens (tertiary/aromatic N) is 1. The molecule has 1 N–H and O–H groups in total. The van der Waals surface area contributed by atoms with Gasteiger partial charge in [0.25, 0.3) is 0 Å². The molecule has 1 fully saturated rings. The van der Waals surface area contributed by atoms with Crippen molar-refractivity contribution in [2.45, 2.75) is 18.3 Å². The topological polar surface area (TPSA) is 57.6 Å². The lowest BCUT2D eigenvalue weighted by Gasteiger charge is -2.27. The average molecular weight is 304 g/mol. The number of carboxylic acid groups (broad SMARTS) is 1. The van der Waals surface area contributed by atoms with Gasteiger partial charge in [0, 0.05) is 23.3 Å². The van der Waals surface area contributed by atoms with E-state index in [9.17, 15) is 14.0 Å². The first-order valence-electron chi connectivity index (χ1n) is 5.50. The molecular weight excluding hydrogens is 293 g/mol. The number of aliphatic carboxylic acids is 1. The Kier molecular flexibility index (Phi) is 4.01. The maximum absolute atomic E-state index is 13.9. The molecule has 1 aliphatic rings. The Labute approximate surface area is 118 Å². The van der Waals surface area contributed by atoms with E-state index in [0.717, 1.165) is 4.90 Å². The third-order valence-electron chi connectivity index (χ3n) is 2.90. The van der Waals surface area contributed by atoms with E-state index in [0.29, 0.717) is 0 Å². The molecule has 4 nitrogen and oxygen atoms in total. The number of halogens is 2. The lowest BCUT2D eigenvalue weighted by Crippen LogP contribution is -2.41. The van der Waals surface area contributed by atoms with Crippen LogP contribution in [0.4, 0.5) is 4.39 Å². The summed E-state index contributed by atoms with van der Waals surface area (Å²) < 4.78 is 13.9. The van der Waals surface area contributed by atoms with Crippen molar-refractivity contribution in [2.75, 3.05) is 5.75 Å². The molecule has 2 rings (SSSR count). The van der Waals surface area contributed by atoms with E-state index in [-0.39, 0.29) is 16.3 Å². The fourth-order valence-corrected chi connectivity index (χ4v) is 3.91. The van der Waals surface area contributed by atoms with Crippen LogP contribution in [0.3, 0.4) is 0 Å². The highest BCUT2D eigenvalue weighted by molar-refractivity contribution is 7.99. The van der Waals surface area contributed by atoms with Crippen LogP contribution in [-0.4, -0.2) is 33.7 Å². The molecule has 1 aromatic rings. The fraction of sp³-hybridized carbons (Fsp3) is 0.333. The number of carboxylic acids is 1. The number of carbonyl (C=O) groups excluding carboxylic acids is 1. The molecule has 0 aliphatic carbocycles. The zero-order valence-corrected chi connectivity index (χ0v) is 11.5.